The number of carbonyl (C=O) groups excluding carboxylic acids is 1. The number of ether oxygens (including phenoxy) is 1. The number of aromatic carboxylic acids is 1. The summed E-state index contributed by atoms with van der Waals surface area (Å²) in [5.41, 5.74) is 1.89. The molecule has 128 valence electrons. The normalized spacial score (nSPS) is 14.7. The van der Waals surface area contributed by atoms with Crippen molar-refractivity contribution >= 4 is 5.97 Å². The Bertz CT molecular complexity index is 682. The second-order valence-corrected chi connectivity index (χ2v) is 5.88. The van der Waals surface area contributed by atoms with Crippen molar-refractivity contribution in [2.45, 2.75) is 38.5 Å². The first kappa shape index (κ1) is 18.7. The molecule has 4 heteroatoms. The van der Waals surface area contributed by atoms with Gasteiger partial charge >= 0.3 is 20.4 Å². The zero-order chi connectivity index (χ0) is 16.1. The molecule has 0 amide bonds. The monoisotopic (exact) mass is 414 g/mol. The van der Waals surface area contributed by atoms with Gasteiger partial charge in [-0.3, -0.25) is 0 Å². The first-order chi connectivity index (χ1) is 11.3. The van der Waals surface area contributed by atoms with Crippen molar-refractivity contribution in [1.29, 1.82) is 0 Å². The van der Waals surface area contributed by atoms with E-state index in [1.54, 1.807) is 18.2 Å². The van der Waals surface area contributed by atoms with Crippen molar-refractivity contribution in [3.05, 3.63) is 65.6 Å². The van der Waals surface area contributed by atoms with Crippen molar-refractivity contribution in [3.8, 4) is 11.5 Å². The van der Waals surface area contributed by atoms with E-state index in [0.717, 1.165) is 11.3 Å². The van der Waals surface area contributed by atoms with Crippen LogP contribution in [0.2, 0.25) is 0 Å². The Morgan fingerprint density at radius 3 is 2.29 bits per heavy atom. The van der Waals surface area contributed by atoms with Crippen LogP contribution in [0.15, 0.2) is 42.5 Å². The molecular formula is C20H20O3Pd. The van der Waals surface area contributed by atoms with Crippen LogP contribution in [0, 0.1) is 6.42 Å². The van der Waals surface area contributed by atoms with Crippen LogP contribution in [0.4, 0.5) is 0 Å². The van der Waals surface area contributed by atoms with Gasteiger partial charge in [-0.1, -0.05) is 49.6 Å². The number of benzene rings is 2. The molecule has 4 rings (SSSR count). The molecule has 2 aromatic carbocycles. The number of hydrogen-bond acceptors (Lipinski definition) is 3. The number of para-hydroxylation sites is 1. The molecule has 0 N–H and O–H groups in total. The van der Waals surface area contributed by atoms with E-state index in [1.165, 1.54) is 32.1 Å². The Morgan fingerprint density at radius 2 is 1.67 bits per heavy atom. The van der Waals surface area contributed by atoms with E-state index >= 15 is 0 Å². The quantitative estimate of drug-likeness (QED) is 0.448. The van der Waals surface area contributed by atoms with Crippen LogP contribution in [0.5, 0.6) is 11.5 Å². The average Bonchev–Trinajstić information content (AvgIpc) is 2.61. The molecule has 3 nitrogen and oxygen atoms in total. The smallest absolute Gasteiger partial charge is 0.545 e. The molecule has 1 saturated carbocycles. The van der Waals surface area contributed by atoms with E-state index in [9.17, 15) is 9.90 Å². The minimum atomic E-state index is -1.16. The summed E-state index contributed by atoms with van der Waals surface area (Å²) in [6.45, 7) is 0. The predicted octanol–water partition coefficient (Wildman–Crippen LogP) is 3.90. The third-order valence-corrected chi connectivity index (χ3v) is 4.23. The predicted molar refractivity (Wildman–Crippen MR) is 87.5 cm³/mol. The third kappa shape index (κ3) is 4.47. The molecule has 0 atom stereocenters. The van der Waals surface area contributed by atoms with E-state index in [0.29, 0.717) is 17.7 Å². The van der Waals surface area contributed by atoms with Crippen LogP contribution in [0.3, 0.4) is 0 Å². The second kappa shape index (κ2) is 9.01. The molecule has 1 aliphatic heterocycles. The van der Waals surface area contributed by atoms with E-state index in [4.69, 9.17) is 4.74 Å². The molecule has 0 spiro atoms. The number of carboxylic acids is 1. The molecule has 24 heavy (non-hydrogen) atoms. The van der Waals surface area contributed by atoms with Gasteiger partial charge in [0.25, 0.3) is 0 Å². The summed E-state index contributed by atoms with van der Waals surface area (Å²) in [4.78, 5) is 11.0. The van der Waals surface area contributed by atoms with Crippen LogP contribution in [-0.2, 0) is 26.8 Å². The fourth-order valence-corrected chi connectivity index (χ4v) is 2.99. The van der Waals surface area contributed by atoms with Gasteiger partial charge < -0.3 is 21.1 Å². The third-order valence-electron chi connectivity index (χ3n) is 4.23. The Labute approximate surface area is 156 Å². The van der Waals surface area contributed by atoms with Crippen molar-refractivity contribution < 1.29 is 35.1 Å². The average molecular weight is 415 g/mol. The molecular weight excluding hydrogens is 395 g/mol. The Morgan fingerprint density at radius 1 is 0.958 bits per heavy atom. The van der Waals surface area contributed by atoms with Gasteiger partial charge in [0.15, 0.2) is 0 Å². The van der Waals surface area contributed by atoms with Crippen LogP contribution in [0.1, 0.15) is 53.6 Å². The van der Waals surface area contributed by atoms with Crippen molar-refractivity contribution in [3.63, 3.8) is 0 Å². The minimum Gasteiger partial charge on any atom is -0.545 e. The standard InChI is InChI=1S/C14H10O3.C6H11.Pd/c15-14(16)10-5-3-7-13-11(10)8-9-4-1-2-6-12(9)17-13;1-2-4-6-5-3-1;/h1-7H,8H2,(H,15,16);1H,2-6H2;/q;-1;+2/p-1. The molecule has 1 aliphatic carbocycles. The van der Waals surface area contributed by atoms with Crippen molar-refractivity contribution in [2.24, 2.45) is 0 Å². The largest absolute Gasteiger partial charge is 2.00 e. The van der Waals surface area contributed by atoms with Gasteiger partial charge in [0, 0.05) is 17.5 Å². The van der Waals surface area contributed by atoms with E-state index in [2.05, 4.69) is 6.42 Å². The van der Waals surface area contributed by atoms with Gasteiger partial charge in [-0.25, -0.2) is 0 Å². The van der Waals surface area contributed by atoms with E-state index in [-0.39, 0.29) is 26.0 Å². The SMILES string of the molecule is O=C([O-])c1cccc2c1Cc1ccccc1O2.[CH-]1CCCCC1.[Pd+2]. The molecule has 0 bridgehead atoms. The summed E-state index contributed by atoms with van der Waals surface area (Å²) in [5, 5.41) is 11.0. The molecule has 0 unspecified atom stereocenters. The molecule has 2 aromatic rings. The van der Waals surface area contributed by atoms with Gasteiger partial charge in [0.05, 0.1) is 5.97 Å². The molecule has 0 radical (unpaired) electrons. The van der Waals surface area contributed by atoms with Crippen LogP contribution in [0.25, 0.3) is 0 Å². The topological polar surface area (TPSA) is 49.4 Å². The van der Waals surface area contributed by atoms with Crippen LogP contribution < -0.4 is 9.84 Å². The first-order valence-corrected chi connectivity index (χ1v) is 8.16. The van der Waals surface area contributed by atoms with Crippen molar-refractivity contribution in [2.75, 3.05) is 0 Å². The van der Waals surface area contributed by atoms with E-state index in [1.807, 2.05) is 24.3 Å². The summed E-state index contributed by atoms with van der Waals surface area (Å²) in [6, 6.07) is 12.6. The summed E-state index contributed by atoms with van der Waals surface area (Å²) in [5.74, 6) is 0.228. The van der Waals surface area contributed by atoms with E-state index < -0.39 is 5.97 Å². The summed E-state index contributed by atoms with van der Waals surface area (Å²) in [6.07, 6.45) is 10.1. The van der Waals surface area contributed by atoms with Crippen LogP contribution >= 0.6 is 0 Å². The molecule has 0 saturated heterocycles. The van der Waals surface area contributed by atoms with Gasteiger partial charge in [0.2, 0.25) is 0 Å². The van der Waals surface area contributed by atoms with Gasteiger partial charge in [-0.15, -0.1) is 0 Å². The maximum absolute atomic E-state index is 11.0. The Kier molecular flexibility index (Phi) is 7.02. The fraction of sp³-hybridized carbons (Fsp3) is 0.300. The maximum atomic E-state index is 11.0. The maximum Gasteiger partial charge on any atom is 2.00 e. The van der Waals surface area contributed by atoms with Gasteiger partial charge in [-0.05, 0) is 17.7 Å². The van der Waals surface area contributed by atoms with Gasteiger partial charge in [0.1, 0.15) is 11.5 Å². The zero-order valence-corrected chi connectivity index (χ0v) is 15.0. The summed E-state index contributed by atoms with van der Waals surface area (Å²) >= 11 is 0. The molecule has 2 aliphatic rings. The van der Waals surface area contributed by atoms with Crippen LogP contribution in [-0.4, -0.2) is 5.97 Å². The van der Waals surface area contributed by atoms with Gasteiger partial charge in [-0.2, -0.15) is 12.8 Å². The summed E-state index contributed by atoms with van der Waals surface area (Å²) in [7, 11) is 0. The second-order valence-electron chi connectivity index (χ2n) is 5.88. The molecule has 0 aromatic heterocycles. The summed E-state index contributed by atoms with van der Waals surface area (Å²) < 4.78 is 5.68. The number of fused-ring (bicyclic) bond motifs is 2. The number of carbonyl (C=O) groups is 1. The number of rotatable bonds is 1. The Balaban J connectivity index is 0.000000254. The molecule has 1 heterocycles. The minimum absolute atomic E-state index is 0. The zero-order valence-electron chi connectivity index (χ0n) is 13.4. The number of hydrogen-bond donors (Lipinski definition) is 0. The van der Waals surface area contributed by atoms with Crippen molar-refractivity contribution in [1.82, 2.24) is 0 Å². The Hall–Kier alpha value is -1.63. The number of carboxylic acid groups (broad SMARTS) is 1. The molecule has 1 fully saturated rings. The fourth-order valence-electron chi connectivity index (χ4n) is 2.99. The first-order valence-electron chi connectivity index (χ1n) is 8.16.